The highest BCUT2D eigenvalue weighted by molar-refractivity contribution is 5.96. The highest BCUT2D eigenvalue weighted by atomic mass is 19.4. The van der Waals surface area contributed by atoms with Crippen LogP contribution in [0.4, 0.5) is 13.2 Å². The number of halogens is 3. The average molecular weight is 442 g/mol. The molecule has 0 aromatic heterocycles. The van der Waals surface area contributed by atoms with Crippen LogP contribution in [0.15, 0.2) is 17.7 Å². The number of aryl methyl sites for hydroxylation is 2. The highest BCUT2D eigenvalue weighted by Crippen LogP contribution is 2.39. The summed E-state index contributed by atoms with van der Waals surface area (Å²) in [5.74, 6) is -2.69. The van der Waals surface area contributed by atoms with Crippen molar-refractivity contribution >= 4 is 12.0 Å². The number of carbonyl (C=O) groups excluding carboxylic acids is 1. The monoisotopic (exact) mass is 442 g/mol. The van der Waals surface area contributed by atoms with Crippen LogP contribution in [0.2, 0.25) is 0 Å². The third-order valence-corrected chi connectivity index (χ3v) is 3.49. The summed E-state index contributed by atoms with van der Waals surface area (Å²) in [6.45, 7) is -8.31. The highest BCUT2D eigenvalue weighted by Gasteiger charge is 2.49. The summed E-state index contributed by atoms with van der Waals surface area (Å²) in [5.41, 5.74) is -3.26. The van der Waals surface area contributed by atoms with Gasteiger partial charge >= 0.3 is 12.1 Å². The van der Waals surface area contributed by atoms with Crippen LogP contribution in [0.3, 0.4) is 0 Å². The van der Waals surface area contributed by atoms with E-state index in [1.54, 1.807) is 0 Å². The molecule has 0 amide bonds. The molecule has 0 N–H and O–H groups in total. The molecule has 11 nitrogen and oxygen atoms in total. The number of carbonyl (C=O) groups is 1. The zero-order valence-corrected chi connectivity index (χ0v) is 14.5. The van der Waals surface area contributed by atoms with Crippen LogP contribution in [0.5, 0.6) is 5.75 Å². The fourth-order valence-corrected chi connectivity index (χ4v) is 2.35. The average Bonchev–Trinajstić information content (AvgIpc) is 2.71. The minimum atomic E-state index is -5.33. The largest absolute Gasteiger partial charge is 0.475 e. The molecule has 0 fully saturated rings. The van der Waals surface area contributed by atoms with Gasteiger partial charge in [0.2, 0.25) is 6.10 Å². The molecule has 0 spiro atoms. The van der Waals surface area contributed by atoms with Crippen molar-refractivity contribution in [3.05, 3.63) is 54.6 Å². The topological polar surface area (TPSA) is 140 Å². The number of rotatable bonds is 8. The van der Waals surface area contributed by atoms with E-state index < -0.39 is 89.5 Å². The number of nitrogens with zero attached hydrogens (tertiary/aromatic N) is 2. The first kappa shape index (κ1) is 15.3. The van der Waals surface area contributed by atoms with E-state index in [2.05, 4.69) is 14.4 Å². The van der Waals surface area contributed by atoms with Gasteiger partial charge in [0.05, 0.1) is 5.57 Å². The lowest BCUT2D eigenvalue weighted by atomic mass is 9.97. The molecule has 1 aliphatic heterocycles. The van der Waals surface area contributed by atoms with Gasteiger partial charge in [0.1, 0.15) is 25.1 Å². The van der Waals surface area contributed by atoms with E-state index in [-0.39, 0.29) is 0 Å². The van der Waals surface area contributed by atoms with E-state index in [1.165, 1.54) is 0 Å². The molecule has 2 rings (SSSR count). The Morgan fingerprint density at radius 3 is 2.37 bits per heavy atom. The van der Waals surface area contributed by atoms with Gasteiger partial charge in [-0.25, -0.2) is 4.79 Å². The second kappa shape index (κ2) is 8.84. The van der Waals surface area contributed by atoms with Gasteiger partial charge in [0.25, 0.3) is 10.2 Å². The maximum absolute atomic E-state index is 13.8. The van der Waals surface area contributed by atoms with E-state index >= 15 is 0 Å². The first-order valence-electron chi connectivity index (χ1n) is 10.7. The standard InChI is InChI=1S/C16H15F3N2O9/c1-8-3-9(2)13-10(4-8)5-12(14(30-13)16(17,18)19)15(22)29-11(6-27-20(23)24)7-28-21(25)26/h3-5,11,14H,6-7H2,1-2H3/t14-/m0/s1/i1D3,2D3. The Labute approximate surface area is 174 Å². The predicted octanol–water partition coefficient (Wildman–Crippen LogP) is 2.34. The van der Waals surface area contributed by atoms with Gasteiger partial charge in [0.15, 0.2) is 0 Å². The quantitative estimate of drug-likeness (QED) is 0.337. The molecule has 0 aliphatic carbocycles. The summed E-state index contributed by atoms with van der Waals surface area (Å²) in [4.78, 5) is 41.2. The first-order chi connectivity index (χ1) is 16.3. The molecule has 0 bridgehead atoms. The molecule has 1 atom stereocenters. The summed E-state index contributed by atoms with van der Waals surface area (Å²) in [6, 6.07) is 1.43. The van der Waals surface area contributed by atoms with E-state index in [0.717, 1.165) is 6.07 Å². The zero-order valence-electron chi connectivity index (χ0n) is 20.5. The van der Waals surface area contributed by atoms with Crippen LogP contribution in [0.25, 0.3) is 6.08 Å². The molecular weight excluding hydrogens is 421 g/mol. The van der Waals surface area contributed by atoms with Crippen molar-refractivity contribution in [1.29, 1.82) is 0 Å². The van der Waals surface area contributed by atoms with E-state index in [0.29, 0.717) is 12.1 Å². The SMILES string of the molecule is [2H]C([2H])([2H])c1cc2c(c(C([2H])([2H])[2H])c1)O[C@H](C(F)(F)F)C(C(=O)OC(CO[N+](=O)[O-])CO[N+](=O)[O-])=C2. The van der Waals surface area contributed by atoms with Crippen LogP contribution in [0.1, 0.15) is 24.9 Å². The molecule has 14 heteroatoms. The first-order valence-corrected chi connectivity index (χ1v) is 7.70. The van der Waals surface area contributed by atoms with Crippen molar-refractivity contribution in [1.82, 2.24) is 0 Å². The molecule has 1 aromatic carbocycles. The number of fused-ring (bicyclic) bond motifs is 1. The van der Waals surface area contributed by atoms with E-state index in [1.807, 2.05) is 0 Å². The summed E-state index contributed by atoms with van der Waals surface area (Å²) >= 11 is 0. The van der Waals surface area contributed by atoms with Crippen LogP contribution in [-0.2, 0) is 19.2 Å². The smallest absolute Gasteiger partial charge is 0.430 e. The molecule has 0 saturated heterocycles. The van der Waals surface area contributed by atoms with Crippen LogP contribution in [0, 0.1) is 33.9 Å². The Morgan fingerprint density at radius 2 is 1.87 bits per heavy atom. The van der Waals surface area contributed by atoms with E-state index in [4.69, 9.17) is 13.0 Å². The Morgan fingerprint density at radius 1 is 1.23 bits per heavy atom. The molecule has 30 heavy (non-hydrogen) atoms. The Balaban J connectivity index is 2.58. The van der Waals surface area contributed by atoms with Crippen molar-refractivity contribution in [3.63, 3.8) is 0 Å². The van der Waals surface area contributed by atoms with Gasteiger partial charge in [0, 0.05) is 13.8 Å². The summed E-state index contributed by atoms with van der Waals surface area (Å²) < 4.78 is 95.9. The minimum Gasteiger partial charge on any atom is -0.475 e. The van der Waals surface area contributed by atoms with Crippen molar-refractivity contribution in [2.45, 2.75) is 32.1 Å². The van der Waals surface area contributed by atoms with Gasteiger partial charge in [-0.1, -0.05) is 11.6 Å². The maximum atomic E-state index is 13.8. The van der Waals surface area contributed by atoms with Gasteiger partial charge in [-0.15, -0.1) is 20.2 Å². The second-order valence-corrected chi connectivity index (χ2v) is 5.65. The van der Waals surface area contributed by atoms with Crippen molar-refractivity contribution < 1.29 is 55.5 Å². The molecule has 164 valence electrons. The normalized spacial score (nSPS) is 19.3. The lowest BCUT2D eigenvalue weighted by Crippen LogP contribution is -2.42. The number of alkyl halides is 3. The molecule has 0 radical (unpaired) electrons. The minimum absolute atomic E-state index is 0.490. The summed E-state index contributed by atoms with van der Waals surface area (Å²) in [7, 11) is 0. The predicted molar refractivity (Wildman–Crippen MR) is 90.1 cm³/mol. The fourth-order valence-electron chi connectivity index (χ4n) is 2.35. The molecule has 0 saturated carbocycles. The third kappa shape index (κ3) is 5.71. The Bertz CT molecular complexity index is 1060. The summed E-state index contributed by atoms with van der Waals surface area (Å²) in [6.07, 6.45) is -9.88. The zero-order chi connectivity index (χ0) is 27.6. The van der Waals surface area contributed by atoms with Crippen molar-refractivity contribution in [3.8, 4) is 5.75 Å². The number of ether oxygens (including phenoxy) is 2. The number of benzene rings is 1. The molecule has 1 heterocycles. The van der Waals surface area contributed by atoms with Crippen molar-refractivity contribution in [2.75, 3.05) is 13.2 Å². The Hall–Kier alpha value is -3.58. The maximum Gasteiger partial charge on any atom is 0.430 e. The van der Waals surface area contributed by atoms with Gasteiger partial charge < -0.3 is 19.1 Å². The number of hydrogen-bond acceptors (Lipinski definition) is 9. The molecular formula is C16H15F3N2O9. The van der Waals surface area contributed by atoms with Crippen LogP contribution in [-0.4, -0.2) is 47.7 Å². The molecule has 0 unspecified atom stereocenters. The number of hydrogen-bond donors (Lipinski definition) is 0. The van der Waals surface area contributed by atoms with Crippen molar-refractivity contribution in [2.24, 2.45) is 0 Å². The summed E-state index contributed by atoms with van der Waals surface area (Å²) in [5, 5.41) is 18.0. The van der Waals surface area contributed by atoms with Crippen LogP contribution < -0.4 is 4.74 Å². The lowest BCUT2D eigenvalue weighted by molar-refractivity contribution is -0.768. The van der Waals surface area contributed by atoms with Gasteiger partial charge in [-0.3, -0.25) is 0 Å². The van der Waals surface area contributed by atoms with Gasteiger partial charge in [-0.2, -0.15) is 13.2 Å². The van der Waals surface area contributed by atoms with E-state index in [9.17, 15) is 38.2 Å². The Kier molecular flexibility index (Phi) is 4.50. The lowest BCUT2D eigenvalue weighted by Gasteiger charge is -2.29. The fraction of sp³-hybridized carbons (Fsp3) is 0.438. The number of esters is 1. The van der Waals surface area contributed by atoms with Crippen LogP contribution >= 0.6 is 0 Å². The van der Waals surface area contributed by atoms with Gasteiger partial charge in [-0.05, 0) is 31.4 Å². The third-order valence-electron chi connectivity index (χ3n) is 3.49. The molecule has 1 aliphatic rings. The molecule has 1 aromatic rings. The second-order valence-electron chi connectivity index (χ2n) is 5.65.